The molecule has 1 aromatic carbocycles. The Kier molecular flexibility index (Phi) is 5.68. The number of halogens is 1. The molecule has 8 heteroatoms. The summed E-state index contributed by atoms with van der Waals surface area (Å²) >= 11 is 5.87. The van der Waals surface area contributed by atoms with E-state index in [0.29, 0.717) is 43.2 Å². The predicted octanol–water partition coefficient (Wildman–Crippen LogP) is 3.18. The summed E-state index contributed by atoms with van der Waals surface area (Å²) in [5, 5.41) is 14.5. The van der Waals surface area contributed by atoms with Gasteiger partial charge in [0, 0.05) is 49.0 Å². The van der Waals surface area contributed by atoms with Gasteiger partial charge < -0.3 is 10.2 Å². The molecular formula is C18H19ClN4O3. The van der Waals surface area contributed by atoms with Crippen LogP contribution in [-0.4, -0.2) is 28.9 Å². The van der Waals surface area contributed by atoms with Crippen molar-refractivity contribution in [2.24, 2.45) is 5.92 Å². The molecule has 1 fully saturated rings. The number of carbonyl (C=O) groups excluding carboxylic acids is 1. The topological polar surface area (TPSA) is 88.4 Å². The van der Waals surface area contributed by atoms with Crippen molar-refractivity contribution < 1.29 is 9.72 Å². The number of amides is 1. The van der Waals surface area contributed by atoms with Gasteiger partial charge in [0.25, 0.3) is 5.69 Å². The second kappa shape index (κ2) is 8.14. The SMILES string of the molecule is O=C(NCc1cccnc1)C1CCN(c2ccc(Cl)cc2[N+](=O)[O-])CC1. The van der Waals surface area contributed by atoms with Crippen LogP contribution in [0, 0.1) is 16.0 Å². The Morgan fingerprint density at radius 3 is 2.77 bits per heavy atom. The maximum Gasteiger partial charge on any atom is 0.294 e. The standard InChI is InChI=1S/C18H19ClN4O3/c19-15-3-4-16(17(10-15)23(25)26)22-8-5-14(6-9-22)18(24)21-12-13-2-1-7-20-11-13/h1-4,7,10-11,14H,5-6,8-9,12H2,(H,21,24). The van der Waals surface area contributed by atoms with E-state index in [0.717, 1.165) is 5.56 Å². The summed E-state index contributed by atoms with van der Waals surface area (Å²) in [6.45, 7) is 1.64. The molecule has 7 nitrogen and oxygen atoms in total. The molecular weight excluding hydrogens is 356 g/mol. The van der Waals surface area contributed by atoms with E-state index in [1.54, 1.807) is 24.5 Å². The maximum absolute atomic E-state index is 12.4. The Hall–Kier alpha value is -2.67. The third kappa shape index (κ3) is 4.29. The highest BCUT2D eigenvalue weighted by Gasteiger charge is 2.28. The first kappa shape index (κ1) is 18.1. The summed E-state index contributed by atoms with van der Waals surface area (Å²) in [7, 11) is 0. The highest BCUT2D eigenvalue weighted by molar-refractivity contribution is 6.30. The van der Waals surface area contributed by atoms with Crippen LogP contribution in [0.25, 0.3) is 0 Å². The van der Waals surface area contributed by atoms with Gasteiger partial charge >= 0.3 is 0 Å². The summed E-state index contributed by atoms with van der Waals surface area (Å²) < 4.78 is 0. The average Bonchev–Trinajstić information content (AvgIpc) is 2.67. The van der Waals surface area contributed by atoms with E-state index in [4.69, 9.17) is 11.6 Å². The van der Waals surface area contributed by atoms with E-state index < -0.39 is 4.92 Å². The summed E-state index contributed by atoms with van der Waals surface area (Å²) in [5.41, 5.74) is 1.50. The van der Waals surface area contributed by atoms with Crippen LogP contribution < -0.4 is 10.2 Å². The molecule has 0 aliphatic carbocycles. The molecule has 2 heterocycles. The van der Waals surface area contributed by atoms with E-state index in [9.17, 15) is 14.9 Å². The smallest absolute Gasteiger partial charge is 0.294 e. The molecule has 0 radical (unpaired) electrons. The number of benzene rings is 1. The average molecular weight is 375 g/mol. The van der Waals surface area contributed by atoms with Crippen molar-refractivity contribution in [3.8, 4) is 0 Å². The molecule has 3 rings (SSSR count). The Labute approximate surface area is 156 Å². The van der Waals surface area contributed by atoms with E-state index in [1.165, 1.54) is 6.07 Å². The lowest BCUT2D eigenvalue weighted by atomic mass is 9.95. The number of nitro benzene ring substituents is 1. The van der Waals surface area contributed by atoms with E-state index >= 15 is 0 Å². The number of aromatic nitrogens is 1. The summed E-state index contributed by atoms with van der Waals surface area (Å²) in [4.78, 5) is 29.2. The van der Waals surface area contributed by atoms with Gasteiger partial charge in [-0.05, 0) is 36.6 Å². The van der Waals surface area contributed by atoms with Crippen LogP contribution in [0.2, 0.25) is 5.02 Å². The Balaban J connectivity index is 1.57. The number of carbonyl (C=O) groups is 1. The Morgan fingerprint density at radius 2 is 2.12 bits per heavy atom. The lowest BCUT2D eigenvalue weighted by molar-refractivity contribution is -0.384. The van der Waals surface area contributed by atoms with Crippen LogP contribution in [-0.2, 0) is 11.3 Å². The minimum Gasteiger partial charge on any atom is -0.366 e. The number of anilines is 1. The van der Waals surface area contributed by atoms with Crippen LogP contribution in [0.4, 0.5) is 11.4 Å². The molecule has 0 atom stereocenters. The first-order valence-electron chi connectivity index (χ1n) is 8.40. The Bertz CT molecular complexity index is 792. The van der Waals surface area contributed by atoms with Crippen LogP contribution in [0.1, 0.15) is 18.4 Å². The second-order valence-corrected chi connectivity index (χ2v) is 6.67. The van der Waals surface area contributed by atoms with Gasteiger partial charge in [0.1, 0.15) is 5.69 Å². The van der Waals surface area contributed by atoms with Crippen molar-refractivity contribution in [3.05, 3.63) is 63.4 Å². The molecule has 1 aliphatic heterocycles. The zero-order chi connectivity index (χ0) is 18.5. The fourth-order valence-electron chi connectivity index (χ4n) is 3.13. The molecule has 1 N–H and O–H groups in total. The zero-order valence-corrected chi connectivity index (χ0v) is 14.9. The molecule has 0 saturated carbocycles. The lowest BCUT2D eigenvalue weighted by Gasteiger charge is -2.32. The van der Waals surface area contributed by atoms with Gasteiger partial charge in [0.15, 0.2) is 0 Å². The lowest BCUT2D eigenvalue weighted by Crippen LogP contribution is -2.40. The van der Waals surface area contributed by atoms with Crippen molar-refractivity contribution >= 4 is 28.9 Å². The number of pyridine rings is 1. The summed E-state index contributed by atoms with van der Waals surface area (Å²) in [6.07, 6.45) is 4.72. The summed E-state index contributed by atoms with van der Waals surface area (Å²) in [6, 6.07) is 8.43. The molecule has 136 valence electrons. The molecule has 0 bridgehead atoms. The molecule has 1 aliphatic rings. The normalized spacial score (nSPS) is 14.9. The van der Waals surface area contributed by atoms with Crippen molar-refractivity contribution in [1.29, 1.82) is 0 Å². The minimum absolute atomic E-state index is 0.00280. The van der Waals surface area contributed by atoms with Crippen LogP contribution >= 0.6 is 11.6 Å². The van der Waals surface area contributed by atoms with Gasteiger partial charge in [0.05, 0.1) is 4.92 Å². The first-order valence-corrected chi connectivity index (χ1v) is 8.78. The number of rotatable bonds is 5. The van der Waals surface area contributed by atoms with E-state index in [1.807, 2.05) is 17.0 Å². The van der Waals surface area contributed by atoms with Gasteiger partial charge in [-0.3, -0.25) is 19.9 Å². The number of piperidine rings is 1. The number of nitro groups is 1. The third-order valence-corrected chi connectivity index (χ3v) is 4.77. The maximum atomic E-state index is 12.4. The van der Waals surface area contributed by atoms with Gasteiger partial charge in [-0.25, -0.2) is 0 Å². The molecule has 1 saturated heterocycles. The van der Waals surface area contributed by atoms with Gasteiger partial charge in [-0.1, -0.05) is 17.7 Å². The van der Waals surface area contributed by atoms with Crippen LogP contribution in [0.3, 0.4) is 0 Å². The molecule has 2 aromatic rings. The molecule has 0 unspecified atom stereocenters. The molecule has 1 aromatic heterocycles. The van der Waals surface area contributed by atoms with Gasteiger partial charge in [0.2, 0.25) is 5.91 Å². The Morgan fingerprint density at radius 1 is 1.35 bits per heavy atom. The van der Waals surface area contributed by atoms with Gasteiger partial charge in [-0.2, -0.15) is 0 Å². The predicted molar refractivity (Wildman–Crippen MR) is 99.1 cm³/mol. The fraction of sp³-hybridized carbons (Fsp3) is 0.333. The number of nitrogens with zero attached hydrogens (tertiary/aromatic N) is 3. The molecule has 1 amide bonds. The fourth-order valence-corrected chi connectivity index (χ4v) is 3.30. The monoisotopic (exact) mass is 374 g/mol. The third-order valence-electron chi connectivity index (χ3n) is 4.53. The quantitative estimate of drug-likeness (QED) is 0.641. The van der Waals surface area contributed by atoms with E-state index in [2.05, 4.69) is 10.3 Å². The van der Waals surface area contributed by atoms with Crippen LogP contribution in [0.5, 0.6) is 0 Å². The summed E-state index contributed by atoms with van der Waals surface area (Å²) in [5.74, 6) is -0.0756. The first-order chi connectivity index (χ1) is 12.5. The van der Waals surface area contributed by atoms with Crippen LogP contribution in [0.15, 0.2) is 42.7 Å². The number of nitrogens with one attached hydrogen (secondary N) is 1. The largest absolute Gasteiger partial charge is 0.366 e. The minimum atomic E-state index is -0.423. The molecule has 0 spiro atoms. The van der Waals surface area contributed by atoms with Crippen molar-refractivity contribution in [1.82, 2.24) is 10.3 Å². The van der Waals surface area contributed by atoms with Gasteiger partial charge in [-0.15, -0.1) is 0 Å². The second-order valence-electron chi connectivity index (χ2n) is 6.23. The highest BCUT2D eigenvalue weighted by Crippen LogP contribution is 2.33. The van der Waals surface area contributed by atoms with Crippen molar-refractivity contribution in [2.45, 2.75) is 19.4 Å². The van der Waals surface area contributed by atoms with Crippen molar-refractivity contribution in [3.63, 3.8) is 0 Å². The van der Waals surface area contributed by atoms with E-state index in [-0.39, 0.29) is 17.5 Å². The number of hydrogen-bond acceptors (Lipinski definition) is 5. The zero-order valence-electron chi connectivity index (χ0n) is 14.1. The molecule has 26 heavy (non-hydrogen) atoms. The van der Waals surface area contributed by atoms with Crippen molar-refractivity contribution in [2.75, 3.05) is 18.0 Å². The number of hydrogen-bond donors (Lipinski definition) is 1. The highest BCUT2D eigenvalue weighted by atomic mass is 35.5.